The number of ether oxygens (including phenoxy) is 1. The first-order valence-corrected chi connectivity index (χ1v) is 16.4. The fraction of sp³-hybridized carbons (Fsp3) is 0.757. The molecule has 2 N–H and O–H groups in total. The van der Waals surface area contributed by atoms with Gasteiger partial charge in [0.2, 0.25) is 0 Å². The van der Waals surface area contributed by atoms with Gasteiger partial charge in [-0.25, -0.2) is 0 Å². The van der Waals surface area contributed by atoms with Gasteiger partial charge in [0.15, 0.2) is 0 Å². The molecule has 5 aliphatic carbocycles. The summed E-state index contributed by atoms with van der Waals surface area (Å²) in [7, 11) is 0. The van der Waals surface area contributed by atoms with Gasteiger partial charge in [0.25, 0.3) is 0 Å². The van der Waals surface area contributed by atoms with Crippen molar-refractivity contribution >= 4 is 5.97 Å². The number of rotatable bonds is 3. The molecule has 41 heavy (non-hydrogen) atoms. The molecular weight excluding hydrogens is 508 g/mol. The molecule has 2 unspecified atom stereocenters. The highest BCUT2D eigenvalue weighted by Crippen LogP contribution is 2.75. The highest BCUT2D eigenvalue weighted by atomic mass is 16.5. The van der Waals surface area contributed by atoms with Crippen molar-refractivity contribution in [3.63, 3.8) is 0 Å². The Hall–Kier alpha value is -1.65. The van der Waals surface area contributed by atoms with Crippen LogP contribution in [0.3, 0.4) is 0 Å². The maximum Gasteiger partial charge on any atom is 0.316 e. The van der Waals surface area contributed by atoms with Crippen LogP contribution in [0.25, 0.3) is 0 Å². The lowest BCUT2D eigenvalue weighted by Crippen LogP contribution is -2.66. The van der Waals surface area contributed by atoms with E-state index in [-0.39, 0.29) is 33.0 Å². The van der Waals surface area contributed by atoms with Gasteiger partial charge in [0.1, 0.15) is 6.61 Å². The molecule has 0 amide bonds. The van der Waals surface area contributed by atoms with Crippen LogP contribution in [0, 0.1) is 44.3 Å². The van der Waals surface area contributed by atoms with Crippen LogP contribution < -0.4 is 0 Å². The molecule has 6 rings (SSSR count). The average Bonchev–Trinajstić information content (AvgIpc) is 2.91. The molecule has 8 atom stereocenters. The van der Waals surface area contributed by atoms with Crippen LogP contribution in [0.4, 0.5) is 0 Å². The summed E-state index contributed by atoms with van der Waals surface area (Å²) < 4.78 is 6.15. The fourth-order valence-electron chi connectivity index (χ4n) is 11.6. The van der Waals surface area contributed by atoms with Crippen molar-refractivity contribution in [2.24, 2.45) is 44.3 Å². The smallest absolute Gasteiger partial charge is 0.316 e. The molecule has 0 heterocycles. The van der Waals surface area contributed by atoms with Gasteiger partial charge in [-0.3, -0.25) is 4.79 Å². The molecule has 226 valence electrons. The Morgan fingerprint density at radius 3 is 2.24 bits per heavy atom. The Bertz CT molecular complexity index is 1230. The second-order valence-corrected chi connectivity index (χ2v) is 16.9. The summed E-state index contributed by atoms with van der Waals surface area (Å²) in [5.74, 6) is 0.877. The van der Waals surface area contributed by atoms with Crippen molar-refractivity contribution in [1.29, 1.82) is 0 Å². The predicted octanol–water partition coefficient (Wildman–Crippen LogP) is 8.01. The van der Waals surface area contributed by atoms with Crippen LogP contribution in [-0.4, -0.2) is 28.4 Å². The van der Waals surface area contributed by atoms with E-state index in [0.717, 1.165) is 63.4 Å². The van der Waals surface area contributed by atoms with Gasteiger partial charge >= 0.3 is 5.97 Å². The number of benzene rings is 1. The molecule has 0 spiro atoms. The lowest BCUT2D eigenvalue weighted by Gasteiger charge is -2.71. The third-order valence-electron chi connectivity index (χ3n) is 14.1. The Kier molecular flexibility index (Phi) is 6.76. The molecule has 1 aromatic rings. The highest BCUT2D eigenvalue weighted by molar-refractivity contribution is 5.82. The van der Waals surface area contributed by atoms with Gasteiger partial charge < -0.3 is 14.9 Å². The van der Waals surface area contributed by atoms with E-state index in [9.17, 15) is 15.0 Å². The van der Waals surface area contributed by atoms with Gasteiger partial charge in [0, 0.05) is 0 Å². The monoisotopic (exact) mass is 562 g/mol. The molecule has 0 saturated heterocycles. The van der Waals surface area contributed by atoms with Crippen LogP contribution in [0.5, 0.6) is 0 Å². The van der Waals surface area contributed by atoms with Crippen molar-refractivity contribution in [3.05, 3.63) is 47.0 Å². The summed E-state index contributed by atoms with van der Waals surface area (Å²) in [6.45, 7) is 17.0. The summed E-state index contributed by atoms with van der Waals surface area (Å²) in [4.78, 5) is 14.1. The van der Waals surface area contributed by atoms with E-state index >= 15 is 0 Å². The Balaban J connectivity index is 1.39. The van der Waals surface area contributed by atoms with Crippen molar-refractivity contribution < 1.29 is 19.7 Å². The normalized spacial score (nSPS) is 44.6. The first-order chi connectivity index (χ1) is 19.1. The fourth-order valence-corrected chi connectivity index (χ4v) is 11.6. The number of carbonyl (C=O) groups is 1. The standard InChI is InChI=1S/C37H54O4/c1-32(2)17-19-37(31(40)41-23-24-11-9-8-10-12-24)20-18-35(6)25(26(37)21-32)13-14-29-34(5)22-27(38)30(39)33(3,4)28(34)15-16-36(29,35)7/h8-12,27-30,38-39H,13-23H2,1-7H3/t27-,28?,29?,30-,34-,35+,36+,37-/m0/s1. The lowest BCUT2D eigenvalue weighted by molar-refractivity contribution is -0.233. The SMILES string of the molecule is CC1(C)CC[C@]2(C(=O)OCc3ccccc3)CC[C@]3(C)C(=C2C1)CCC1[C@@]2(C)C[C@H](O)[C@H](O)C(C)(C)C2CC[C@]13C. The Morgan fingerprint density at radius 1 is 0.854 bits per heavy atom. The molecule has 0 radical (unpaired) electrons. The van der Waals surface area contributed by atoms with E-state index < -0.39 is 17.6 Å². The summed E-state index contributed by atoms with van der Waals surface area (Å²) >= 11 is 0. The molecule has 5 aliphatic rings. The van der Waals surface area contributed by atoms with E-state index in [2.05, 4.69) is 48.5 Å². The molecular formula is C37H54O4. The molecule has 0 bridgehead atoms. The first kappa shape index (κ1) is 29.4. The number of esters is 1. The summed E-state index contributed by atoms with van der Waals surface area (Å²) in [5, 5.41) is 22.1. The van der Waals surface area contributed by atoms with Crippen molar-refractivity contribution in [1.82, 2.24) is 0 Å². The van der Waals surface area contributed by atoms with Crippen LogP contribution in [-0.2, 0) is 16.1 Å². The molecule has 0 aromatic heterocycles. The minimum atomic E-state index is -0.668. The highest BCUT2D eigenvalue weighted by Gasteiger charge is 2.69. The number of fused-ring (bicyclic) bond motifs is 6. The summed E-state index contributed by atoms with van der Waals surface area (Å²) in [6, 6.07) is 10.1. The Labute approximate surface area is 248 Å². The minimum absolute atomic E-state index is 0.00418. The first-order valence-electron chi connectivity index (χ1n) is 16.4. The van der Waals surface area contributed by atoms with Crippen LogP contribution in [0.2, 0.25) is 0 Å². The summed E-state index contributed by atoms with van der Waals surface area (Å²) in [6.07, 6.45) is 8.56. The summed E-state index contributed by atoms with van der Waals surface area (Å²) in [5.41, 5.74) is 3.55. The van der Waals surface area contributed by atoms with Crippen LogP contribution >= 0.6 is 0 Å². The van der Waals surface area contributed by atoms with Crippen molar-refractivity contribution in [2.75, 3.05) is 0 Å². The van der Waals surface area contributed by atoms with E-state index in [4.69, 9.17) is 4.74 Å². The molecule has 4 saturated carbocycles. The van der Waals surface area contributed by atoms with Gasteiger partial charge in [-0.15, -0.1) is 0 Å². The zero-order valence-electron chi connectivity index (χ0n) is 26.7. The maximum absolute atomic E-state index is 14.1. The molecule has 1 aromatic carbocycles. The number of aliphatic hydroxyl groups excluding tert-OH is 2. The maximum atomic E-state index is 14.1. The molecule has 4 fully saturated rings. The van der Waals surface area contributed by atoms with Gasteiger partial charge in [-0.05, 0) is 109 Å². The molecule has 0 aliphatic heterocycles. The molecule has 4 heteroatoms. The topological polar surface area (TPSA) is 66.8 Å². The zero-order valence-corrected chi connectivity index (χ0v) is 26.7. The van der Waals surface area contributed by atoms with E-state index in [1.165, 1.54) is 5.57 Å². The average molecular weight is 563 g/mol. The largest absolute Gasteiger partial charge is 0.460 e. The number of aliphatic hydroxyl groups is 2. The van der Waals surface area contributed by atoms with Crippen molar-refractivity contribution in [3.8, 4) is 0 Å². The number of hydrogen-bond acceptors (Lipinski definition) is 4. The second-order valence-electron chi connectivity index (χ2n) is 16.9. The van der Waals surface area contributed by atoms with Gasteiger partial charge in [0.05, 0.1) is 17.6 Å². The van der Waals surface area contributed by atoms with Crippen LogP contribution in [0.15, 0.2) is 41.5 Å². The minimum Gasteiger partial charge on any atom is -0.460 e. The van der Waals surface area contributed by atoms with Gasteiger partial charge in [-0.2, -0.15) is 0 Å². The van der Waals surface area contributed by atoms with Crippen molar-refractivity contribution in [2.45, 2.75) is 131 Å². The predicted molar refractivity (Wildman–Crippen MR) is 163 cm³/mol. The number of carbonyl (C=O) groups excluding carboxylic acids is 1. The lowest BCUT2D eigenvalue weighted by atomic mass is 9.34. The third kappa shape index (κ3) is 4.09. The zero-order chi connectivity index (χ0) is 29.6. The number of allylic oxidation sites excluding steroid dienone is 1. The third-order valence-corrected chi connectivity index (χ3v) is 14.1. The second kappa shape index (κ2) is 9.42. The Morgan fingerprint density at radius 2 is 1.54 bits per heavy atom. The number of hydrogen-bond donors (Lipinski definition) is 2. The van der Waals surface area contributed by atoms with E-state index in [1.807, 2.05) is 30.3 Å². The van der Waals surface area contributed by atoms with E-state index in [1.54, 1.807) is 5.57 Å². The molecule has 4 nitrogen and oxygen atoms in total. The van der Waals surface area contributed by atoms with Crippen LogP contribution in [0.1, 0.15) is 118 Å². The van der Waals surface area contributed by atoms with E-state index in [0.29, 0.717) is 24.9 Å². The quantitative estimate of drug-likeness (QED) is 0.289. The van der Waals surface area contributed by atoms with Gasteiger partial charge in [-0.1, -0.05) is 89.9 Å².